The lowest BCUT2D eigenvalue weighted by Crippen LogP contribution is -2.33. The number of anilines is 1. The van der Waals surface area contributed by atoms with Crippen LogP contribution in [0.1, 0.15) is 98.5 Å². The number of likely N-dealkylation sites (tertiary alicyclic amines) is 1. The van der Waals surface area contributed by atoms with E-state index in [1.54, 1.807) is 68.9 Å². The van der Waals surface area contributed by atoms with Gasteiger partial charge in [-0.2, -0.15) is 9.97 Å². The normalized spacial score (nSPS) is 17.8. The van der Waals surface area contributed by atoms with Crippen LogP contribution in [0.25, 0.3) is 32.4 Å². The molecule has 4 fully saturated rings. The summed E-state index contributed by atoms with van der Waals surface area (Å²) in [5, 5.41) is 18.1. The molecule has 8 aromatic rings. The molecule has 23 heteroatoms. The zero-order valence-corrected chi connectivity index (χ0v) is 41.2. The number of fused-ring (bicyclic) bond motifs is 2. The van der Waals surface area contributed by atoms with Crippen molar-refractivity contribution < 1.29 is 25.9 Å². The molecule has 18 nitrogen and oxygen atoms in total. The molecule has 2 saturated carbocycles. The molecule has 0 bridgehead atoms. The molecule has 2 saturated heterocycles. The van der Waals surface area contributed by atoms with Crippen molar-refractivity contribution in [3.63, 3.8) is 0 Å². The van der Waals surface area contributed by atoms with Crippen molar-refractivity contribution in [2.24, 2.45) is 0 Å². The molecule has 0 atom stereocenters. The van der Waals surface area contributed by atoms with Crippen LogP contribution in [-0.2, 0) is 19.7 Å². The number of nitrogens with zero attached hydrogens (tertiary/aromatic N) is 12. The summed E-state index contributed by atoms with van der Waals surface area (Å²) < 4.78 is 61.2. The first-order chi connectivity index (χ1) is 31.7. The lowest BCUT2D eigenvalue weighted by Gasteiger charge is -2.29. The fourth-order valence-corrected chi connectivity index (χ4v) is 11.3. The van der Waals surface area contributed by atoms with E-state index >= 15 is 0 Å². The molecule has 12 rings (SSSR count). The minimum absolute atomic E-state index is 0.301. The van der Waals surface area contributed by atoms with Gasteiger partial charge in [-0.15, -0.1) is 10.2 Å². The van der Waals surface area contributed by atoms with Crippen LogP contribution < -0.4 is 4.90 Å². The van der Waals surface area contributed by atoms with Crippen molar-refractivity contribution in [3.8, 4) is 22.5 Å². The maximum atomic E-state index is 11.7. The van der Waals surface area contributed by atoms with Gasteiger partial charge >= 0.3 is 0 Å². The van der Waals surface area contributed by atoms with Crippen LogP contribution in [0.3, 0.4) is 0 Å². The van der Waals surface area contributed by atoms with Crippen molar-refractivity contribution >= 4 is 73.3 Å². The Balaban J connectivity index is 0.000000127. The van der Waals surface area contributed by atoms with Gasteiger partial charge in [0.1, 0.15) is 0 Å². The average Bonchev–Trinajstić information content (AvgIpc) is 3.90. The van der Waals surface area contributed by atoms with E-state index in [1.165, 1.54) is 49.5 Å². The Bertz CT molecular complexity index is 3130. The van der Waals surface area contributed by atoms with Crippen LogP contribution in [0, 0.1) is 0 Å². The molecule has 0 unspecified atom stereocenters. The second kappa shape index (κ2) is 18.3. The molecule has 0 spiro atoms. The standard InChI is InChI=1S/C21H22N6O3S2.C11H8BrN3O2S2.C11H17N3O/c1-32(28,29)16-6-4-13(5-7-16)17-12-27-20(22-17)31-21(24-27)26-10-8-15(9-11-26)19-23-18(25-30-19)14-2-3-14;1-19(16,17)8-4-2-7(3-5-8)9-6-15-11(13-9)18-10(12)14-15;1-14-6-4-9(5-7-14)11-12-10(13-15-11)8-2-3-8/h4-7,12,14-15H,2-3,8-11H2,1H3;2-6H,1H3;8-9H,2-7H2,1H3. The summed E-state index contributed by atoms with van der Waals surface area (Å²) in [5.74, 6) is 5.43. The van der Waals surface area contributed by atoms with E-state index in [1.807, 2.05) is 12.4 Å². The molecule has 4 aliphatic rings. The molecule has 2 aromatic carbocycles. The summed E-state index contributed by atoms with van der Waals surface area (Å²) in [7, 11) is -4.21. The lowest BCUT2D eigenvalue weighted by atomic mass is 9.97. The fourth-order valence-electron chi connectivity index (χ4n) is 7.93. The van der Waals surface area contributed by atoms with Crippen LogP contribution in [0.2, 0.25) is 0 Å². The minimum Gasteiger partial charge on any atom is -0.347 e. The number of hydrogen-bond donors (Lipinski definition) is 0. The summed E-state index contributed by atoms with van der Waals surface area (Å²) >= 11 is 6.29. The van der Waals surface area contributed by atoms with E-state index in [2.05, 4.69) is 68.1 Å². The Kier molecular flexibility index (Phi) is 12.4. The summed E-state index contributed by atoms with van der Waals surface area (Å²) in [6.07, 6.45) is 15.2. The molecule has 0 N–H and O–H groups in total. The van der Waals surface area contributed by atoms with E-state index in [9.17, 15) is 16.8 Å². The topological polar surface area (TPSA) is 213 Å². The molecular weight excluding hydrogens is 989 g/mol. The van der Waals surface area contributed by atoms with Gasteiger partial charge in [0.2, 0.25) is 26.8 Å². The Labute approximate surface area is 397 Å². The first kappa shape index (κ1) is 44.9. The van der Waals surface area contributed by atoms with Crippen LogP contribution in [-0.4, -0.2) is 117 Å². The zero-order chi connectivity index (χ0) is 45.7. The van der Waals surface area contributed by atoms with Gasteiger partial charge in [-0.3, -0.25) is 0 Å². The molecule has 2 aliphatic heterocycles. The van der Waals surface area contributed by atoms with Crippen LogP contribution in [0.4, 0.5) is 5.13 Å². The van der Waals surface area contributed by atoms with Gasteiger partial charge in [0, 0.05) is 60.4 Å². The number of hydrogen-bond acceptors (Lipinski definition) is 18. The third-order valence-electron chi connectivity index (χ3n) is 12.2. The van der Waals surface area contributed by atoms with E-state index in [-0.39, 0.29) is 0 Å². The van der Waals surface area contributed by atoms with Gasteiger partial charge in [0.25, 0.3) is 0 Å². The SMILES string of the molecule is CN1CCC(c2nc(C3CC3)no2)CC1.CS(=O)(=O)c1ccc(-c2cn3nc(Br)sc3n2)cc1.CS(=O)(=O)c1ccc(-c2cn3nc(N4CCC(c5nc(C6CC6)no5)CC4)sc3n2)cc1. The maximum Gasteiger partial charge on any atom is 0.229 e. The Morgan fingerprint density at radius 1 is 0.576 bits per heavy atom. The Morgan fingerprint density at radius 2 is 1.02 bits per heavy atom. The quantitative estimate of drug-likeness (QED) is 0.134. The third-order valence-corrected chi connectivity index (χ3v) is 16.8. The van der Waals surface area contributed by atoms with E-state index in [0.717, 1.165) is 117 Å². The van der Waals surface area contributed by atoms with Crippen molar-refractivity contribution in [1.29, 1.82) is 0 Å². The molecule has 2 aliphatic carbocycles. The molecule has 66 heavy (non-hydrogen) atoms. The van der Waals surface area contributed by atoms with Gasteiger partial charge in [-0.05, 0) is 112 Å². The van der Waals surface area contributed by atoms with Gasteiger partial charge in [0.05, 0.1) is 33.6 Å². The molecule has 346 valence electrons. The van der Waals surface area contributed by atoms with E-state index < -0.39 is 19.7 Å². The van der Waals surface area contributed by atoms with Crippen molar-refractivity contribution in [1.82, 2.24) is 54.4 Å². The van der Waals surface area contributed by atoms with Crippen LogP contribution in [0.5, 0.6) is 0 Å². The second-order valence-electron chi connectivity index (χ2n) is 17.4. The Morgan fingerprint density at radius 3 is 1.44 bits per heavy atom. The summed E-state index contributed by atoms with van der Waals surface area (Å²) in [6.45, 7) is 4.07. The highest BCUT2D eigenvalue weighted by Gasteiger charge is 2.33. The minimum atomic E-state index is -3.21. The van der Waals surface area contributed by atoms with Crippen LogP contribution >= 0.6 is 38.6 Å². The molecule has 6 aromatic heterocycles. The molecule has 0 amide bonds. The number of sulfone groups is 2. The van der Waals surface area contributed by atoms with Crippen molar-refractivity contribution in [3.05, 3.63) is 88.3 Å². The third kappa shape index (κ3) is 10.3. The highest BCUT2D eigenvalue weighted by atomic mass is 79.9. The Hall–Kier alpha value is -4.94. The smallest absolute Gasteiger partial charge is 0.229 e. The average molecular weight is 1040 g/mol. The van der Waals surface area contributed by atoms with Gasteiger partial charge in [0.15, 0.2) is 35.2 Å². The van der Waals surface area contributed by atoms with E-state index in [4.69, 9.17) is 14.1 Å². The zero-order valence-electron chi connectivity index (χ0n) is 36.4. The van der Waals surface area contributed by atoms with Crippen molar-refractivity contribution in [2.75, 3.05) is 50.6 Å². The first-order valence-corrected chi connectivity index (χ1v) is 28.0. The van der Waals surface area contributed by atoms with Crippen LogP contribution in [0.15, 0.2) is 83.7 Å². The largest absolute Gasteiger partial charge is 0.347 e. The summed E-state index contributed by atoms with van der Waals surface area (Å²) in [6, 6.07) is 13.4. The van der Waals surface area contributed by atoms with Crippen molar-refractivity contribution in [2.45, 2.75) is 84.8 Å². The maximum absolute atomic E-state index is 11.7. The highest BCUT2D eigenvalue weighted by Crippen LogP contribution is 2.41. The number of imidazole rings is 2. The molecule has 8 heterocycles. The second-order valence-corrected chi connectivity index (χ2v) is 24.6. The van der Waals surface area contributed by atoms with Gasteiger partial charge in [-0.25, -0.2) is 35.8 Å². The van der Waals surface area contributed by atoms with E-state index in [0.29, 0.717) is 33.5 Å². The van der Waals surface area contributed by atoms with Gasteiger partial charge < -0.3 is 18.8 Å². The summed E-state index contributed by atoms with van der Waals surface area (Å²) in [4.78, 5) is 25.1. The summed E-state index contributed by atoms with van der Waals surface area (Å²) in [5.41, 5.74) is 3.27. The number of halogens is 1. The highest BCUT2D eigenvalue weighted by molar-refractivity contribution is 9.11. The lowest BCUT2D eigenvalue weighted by molar-refractivity contribution is 0.227. The number of rotatable bonds is 9. The predicted molar refractivity (Wildman–Crippen MR) is 253 cm³/mol. The number of aromatic nitrogens is 10. The first-order valence-electron chi connectivity index (χ1n) is 21.8. The van der Waals surface area contributed by atoms with Gasteiger partial charge in [-0.1, -0.05) is 57.3 Å². The number of benzene rings is 2. The molecular formula is C43H47BrN12O6S4. The monoisotopic (exact) mass is 1030 g/mol. The number of piperidine rings is 2. The molecule has 0 radical (unpaired) electrons. The predicted octanol–water partition coefficient (Wildman–Crippen LogP) is 7.89. The fraction of sp³-hybridized carbons (Fsp3) is 0.442.